The Bertz CT molecular complexity index is 369. The van der Waals surface area contributed by atoms with Gasteiger partial charge in [0.2, 0.25) is 0 Å². The highest BCUT2D eigenvalue weighted by molar-refractivity contribution is 5.95. The number of furan rings is 1. The zero-order valence-electron chi connectivity index (χ0n) is 8.94. The summed E-state index contributed by atoms with van der Waals surface area (Å²) < 4.78 is 9.46. The molecule has 0 bridgehead atoms. The van der Waals surface area contributed by atoms with Gasteiger partial charge in [-0.2, -0.15) is 0 Å². The molecule has 0 radical (unpaired) electrons. The third kappa shape index (κ3) is 2.83. The highest BCUT2D eigenvalue weighted by Crippen LogP contribution is 2.08. The first-order chi connectivity index (χ1) is 7.04. The van der Waals surface area contributed by atoms with Crippen LogP contribution in [0.15, 0.2) is 16.7 Å². The van der Waals surface area contributed by atoms with Crippen LogP contribution in [0.5, 0.6) is 0 Å². The zero-order valence-corrected chi connectivity index (χ0v) is 8.94. The van der Waals surface area contributed by atoms with Crippen LogP contribution in [0, 0.1) is 6.92 Å². The minimum Gasteiger partial charge on any atom is -0.469 e. The van der Waals surface area contributed by atoms with E-state index in [1.54, 1.807) is 13.0 Å². The Labute approximate surface area is 87.6 Å². The van der Waals surface area contributed by atoms with Gasteiger partial charge in [-0.15, -0.1) is 0 Å². The van der Waals surface area contributed by atoms with Gasteiger partial charge in [-0.1, -0.05) is 0 Å². The molecule has 0 aliphatic rings. The van der Waals surface area contributed by atoms with E-state index in [2.05, 4.69) is 4.74 Å². The number of nitrogens with zero attached hydrogens (tertiary/aromatic N) is 1. The SMILES string of the molecule is COC(=O)CN(C)C(=O)c1coc(C)c1. The van der Waals surface area contributed by atoms with Gasteiger partial charge in [0.1, 0.15) is 18.6 Å². The number of hydrogen-bond acceptors (Lipinski definition) is 4. The maximum atomic E-state index is 11.7. The van der Waals surface area contributed by atoms with Gasteiger partial charge in [0.15, 0.2) is 0 Å². The topological polar surface area (TPSA) is 59.8 Å². The highest BCUT2D eigenvalue weighted by atomic mass is 16.5. The number of esters is 1. The van der Waals surface area contributed by atoms with E-state index < -0.39 is 5.97 Å². The number of methoxy groups -OCH3 is 1. The van der Waals surface area contributed by atoms with E-state index in [0.717, 1.165) is 0 Å². The van der Waals surface area contributed by atoms with E-state index in [-0.39, 0.29) is 12.5 Å². The summed E-state index contributed by atoms with van der Waals surface area (Å²) in [6.45, 7) is 1.68. The van der Waals surface area contributed by atoms with E-state index in [0.29, 0.717) is 11.3 Å². The number of carbonyl (C=O) groups excluding carboxylic acids is 2. The molecule has 0 atom stereocenters. The van der Waals surface area contributed by atoms with E-state index >= 15 is 0 Å². The predicted octanol–water partition coefficient (Wildman–Crippen LogP) is 0.833. The summed E-state index contributed by atoms with van der Waals surface area (Å²) in [5, 5.41) is 0. The molecule has 0 saturated carbocycles. The van der Waals surface area contributed by atoms with Gasteiger partial charge in [-0.05, 0) is 13.0 Å². The summed E-state index contributed by atoms with van der Waals surface area (Å²) >= 11 is 0. The lowest BCUT2D eigenvalue weighted by atomic mass is 10.3. The summed E-state index contributed by atoms with van der Waals surface area (Å²) in [6, 6.07) is 1.62. The predicted molar refractivity (Wildman–Crippen MR) is 52.4 cm³/mol. The normalized spacial score (nSPS) is 9.80. The van der Waals surface area contributed by atoms with E-state index in [1.807, 2.05) is 0 Å². The fourth-order valence-corrected chi connectivity index (χ4v) is 1.11. The Morgan fingerprint density at radius 3 is 2.67 bits per heavy atom. The molecule has 15 heavy (non-hydrogen) atoms. The number of amides is 1. The van der Waals surface area contributed by atoms with Crippen LogP contribution in [0.3, 0.4) is 0 Å². The molecule has 0 aliphatic carbocycles. The molecule has 0 spiro atoms. The van der Waals surface area contributed by atoms with Gasteiger partial charge < -0.3 is 14.1 Å². The number of hydrogen-bond donors (Lipinski definition) is 0. The third-order valence-electron chi connectivity index (χ3n) is 1.92. The molecule has 0 unspecified atom stereocenters. The van der Waals surface area contributed by atoms with Crippen molar-refractivity contribution in [3.8, 4) is 0 Å². The lowest BCUT2D eigenvalue weighted by Crippen LogP contribution is -2.32. The molecular weight excluding hydrogens is 198 g/mol. The van der Waals surface area contributed by atoms with Crippen LogP contribution < -0.4 is 0 Å². The lowest BCUT2D eigenvalue weighted by Gasteiger charge is -2.13. The molecule has 0 aliphatic heterocycles. The van der Waals surface area contributed by atoms with Crippen LogP contribution in [0.2, 0.25) is 0 Å². The Balaban J connectivity index is 2.64. The van der Waals surface area contributed by atoms with Gasteiger partial charge in [0, 0.05) is 7.05 Å². The monoisotopic (exact) mass is 211 g/mol. The zero-order chi connectivity index (χ0) is 11.4. The summed E-state index contributed by atoms with van der Waals surface area (Å²) in [6.07, 6.45) is 1.37. The molecule has 1 aromatic rings. The summed E-state index contributed by atoms with van der Waals surface area (Å²) in [5.41, 5.74) is 0.430. The smallest absolute Gasteiger partial charge is 0.325 e. The van der Waals surface area contributed by atoms with Crippen LogP contribution in [0.4, 0.5) is 0 Å². The first kappa shape index (κ1) is 11.3. The van der Waals surface area contributed by atoms with Crippen LogP contribution in [-0.2, 0) is 9.53 Å². The van der Waals surface area contributed by atoms with Gasteiger partial charge in [0.05, 0.1) is 12.7 Å². The fraction of sp³-hybridized carbons (Fsp3) is 0.400. The van der Waals surface area contributed by atoms with Gasteiger partial charge in [0.25, 0.3) is 5.91 Å². The Hall–Kier alpha value is -1.78. The van der Waals surface area contributed by atoms with Crippen molar-refractivity contribution >= 4 is 11.9 Å². The van der Waals surface area contributed by atoms with E-state index in [1.165, 1.54) is 25.3 Å². The van der Waals surface area contributed by atoms with Crippen LogP contribution in [0.25, 0.3) is 0 Å². The van der Waals surface area contributed by atoms with Crippen molar-refractivity contribution in [2.45, 2.75) is 6.92 Å². The quantitative estimate of drug-likeness (QED) is 0.695. The maximum Gasteiger partial charge on any atom is 0.325 e. The largest absolute Gasteiger partial charge is 0.469 e. The van der Waals surface area contributed by atoms with Crippen molar-refractivity contribution in [2.24, 2.45) is 0 Å². The fourth-order valence-electron chi connectivity index (χ4n) is 1.11. The van der Waals surface area contributed by atoms with E-state index in [9.17, 15) is 9.59 Å². The van der Waals surface area contributed by atoms with Crippen molar-refractivity contribution in [1.29, 1.82) is 0 Å². The summed E-state index contributed by atoms with van der Waals surface area (Å²) in [5.74, 6) is -0.0619. The molecule has 1 heterocycles. The minimum atomic E-state index is -0.453. The summed E-state index contributed by atoms with van der Waals surface area (Å²) in [4.78, 5) is 23.9. The molecule has 1 rings (SSSR count). The van der Waals surface area contributed by atoms with Gasteiger partial charge >= 0.3 is 5.97 Å². The van der Waals surface area contributed by atoms with Crippen molar-refractivity contribution in [3.63, 3.8) is 0 Å². The van der Waals surface area contributed by atoms with Gasteiger partial charge in [-0.3, -0.25) is 9.59 Å². The number of ether oxygens (including phenoxy) is 1. The molecule has 0 aromatic carbocycles. The summed E-state index contributed by atoms with van der Waals surface area (Å²) in [7, 11) is 2.81. The molecule has 5 heteroatoms. The Morgan fingerprint density at radius 2 is 2.20 bits per heavy atom. The molecule has 1 aromatic heterocycles. The average molecular weight is 211 g/mol. The third-order valence-corrected chi connectivity index (χ3v) is 1.92. The molecule has 0 saturated heterocycles. The highest BCUT2D eigenvalue weighted by Gasteiger charge is 2.16. The molecular formula is C10H13NO4. The minimum absolute atomic E-state index is 0.0699. The Morgan fingerprint density at radius 1 is 1.53 bits per heavy atom. The van der Waals surface area contributed by atoms with Crippen LogP contribution in [0.1, 0.15) is 16.1 Å². The van der Waals surface area contributed by atoms with Crippen LogP contribution >= 0.6 is 0 Å². The number of carbonyl (C=O) groups is 2. The second-order valence-electron chi connectivity index (χ2n) is 3.18. The van der Waals surface area contributed by atoms with Crippen molar-refractivity contribution in [2.75, 3.05) is 20.7 Å². The molecule has 82 valence electrons. The van der Waals surface area contributed by atoms with Crippen molar-refractivity contribution in [3.05, 3.63) is 23.7 Å². The number of aryl methyl sites for hydroxylation is 1. The second-order valence-corrected chi connectivity index (χ2v) is 3.18. The average Bonchev–Trinajstić information content (AvgIpc) is 2.63. The molecule has 0 fully saturated rings. The van der Waals surface area contributed by atoms with Crippen molar-refractivity contribution < 1.29 is 18.7 Å². The molecule has 5 nitrogen and oxygen atoms in total. The van der Waals surface area contributed by atoms with Gasteiger partial charge in [-0.25, -0.2) is 0 Å². The Kier molecular flexibility index (Phi) is 3.49. The maximum absolute atomic E-state index is 11.7. The second kappa shape index (κ2) is 4.63. The van der Waals surface area contributed by atoms with Crippen molar-refractivity contribution in [1.82, 2.24) is 4.90 Å². The molecule has 1 amide bonds. The first-order valence-corrected chi connectivity index (χ1v) is 4.42. The molecule has 0 N–H and O–H groups in total. The van der Waals surface area contributed by atoms with Crippen LogP contribution in [-0.4, -0.2) is 37.5 Å². The number of rotatable bonds is 3. The number of likely N-dealkylation sites (N-methyl/N-ethyl adjacent to an activating group) is 1. The standard InChI is InChI=1S/C10H13NO4/c1-7-4-8(6-15-7)10(13)11(2)5-9(12)14-3/h4,6H,5H2,1-3H3. The van der Waals surface area contributed by atoms with E-state index in [4.69, 9.17) is 4.42 Å². The first-order valence-electron chi connectivity index (χ1n) is 4.42. The lowest BCUT2D eigenvalue weighted by molar-refractivity contribution is -0.141.